The third kappa shape index (κ3) is 5.49. The van der Waals surface area contributed by atoms with Crippen molar-refractivity contribution in [1.82, 2.24) is 0 Å². The van der Waals surface area contributed by atoms with Crippen LogP contribution < -0.4 is 4.43 Å². The number of rotatable bonds is 7. The first kappa shape index (κ1) is 27.8. The van der Waals surface area contributed by atoms with Crippen LogP contribution in [0.25, 0.3) is 0 Å². The van der Waals surface area contributed by atoms with Gasteiger partial charge in [-0.15, -0.1) is 0 Å². The molecule has 0 aliphatic carbocycles. The predicted octanol–water partition coefficient (Wildman–Crippen LogP) is 3.24. The highest BCUT2D eigenvalue weighted by molar-refractivity contribution is 6.74. The fourth-order valence-corrected chi connectivity index (χ4v) is 5.12. The first-order valence-electron chi connectivity index (χ1n) is 12.0. The van der Waals surface area contributed by atoms with E-state index in [0.717, 1.165) is 22.4 Å². The molecule has 0 bridgehead atoms. The van der Waals surface area contributed by atoms with Crippen molar-refractivity contribution in [2.24, 2.45) is 0 Å². The van der Waals surface area contributed by atoms with Gasteiger partial charge in [-0.2, -0.15) is 0 Å². The fourth-order valence-electron chi connectivity index (χ4n) is 4.09. The molecule has 1 aliphatic heterocycles. The molecule has 7 nitrogen and oxygen atoms in total. The molecule has 4 N–H and O–H groups in total. The van der Waals surface area contributed by atoms with Gasteiger partial charge in [0.15, 0.2) is 0 Å². The van der Waals surface area contributed by atoms with Crippen LogP contribution in [0.3, 0.4) is 0 Å². The monoisotopic (exact) mass is 504 g/mol. The third-order valence-electron chi connectivity index (χ3n) is 7.50. The topological polar surface area (TPSA) is 109 Å². The van der Waals surface area contributed by atoms with Gasteiger partial charge in [-0.1, -0.05) is 45.0 Å². The van der Waals surface area contributed by atoms with E-state index in [9.17, 15) is 20.4 Å². The largest absolute Gasteiger partial charge is 0.544 e. The van der Waals surface area contributed by atoms with Crippen LogP contribution in [0.4, 0.5) is 0 Å². The quantitative estimate of drug-likeness (QED) is 0.429. The summed E-state index contributed by atoms with van der Waals surface area (Å²) in [5.74, 6) is -0.861. The van der Waals surface area contributed by atoms with Gasteiger partial charge in [-0.25, -0.2) is 0 Å². The minimum Gasteiger partial charge on any atom is -0.544 e. The first-order chi connectivity index (χ1) is 16.3. The maximum absolute atomic E-state index is 10.8. The van der Waals surface area contributed by atoms with Crippen LogP contribution in [-0.2, 0) is 21.7 Å². The third-order valence-corrected chi connectivity index (χ3v) is 11.9. The normalized spacial score (nSPS) is 27.6. The highest BCUT2D eigenvalue weighted by Gasteiger charge is 2.55. The Morgan fingerprint density at radius 2 is 1.63 bits per heavy atom. The molecule has 0 saturated carbocycles. The van der Waals surface area contributed by atoms with E-state index in [1.807, 2.05) is 31.2 Å². The Morgan fingerprint density at radius 3 is 2.17 bits per heavy atom. The molecule has 2 aromatic rings. The summed E-state index contributed by atoms with van der Waals surface area (Å²) in [5, 5.41) is 41.1. The summed E-state index contributed by atoms with van der Waals surface area (Å²) in [6.45, 7) is 12.6. The molecule has 5 atom stereocenters. The molecule has 1 fully saturated rings. The Hall–Kier alpha value is -1.78. The van der Waals surface area contributed by atoms with Gasteiger partial charge in [0.2, 0.25) is 14.1 Å². The van der Waals surface area contributed by atoms with Crippen LogP contribution in [0.5, 0.6) is 5.75 Å². The van der Waals surface area contributed by atoms with E-state index in [-0.39, 0.29) is 5.04 Å². The zero-order valence-corrected chi connectivity index (χ0v) is 22.8. The molecule has 3 rings (SSSR count). The van der Waals surface area contributed by atoms with E-state index < -0.39 is 45.1 Å². The molecule has 194 valence electrons. The van der Waals surface area contributed by atoms with Gasteiger partial charge in [-0.3, -0.25) is 0 Å². The van der Waals surface area contributed by atoms with Crippen molar-refractivity contribution in [2.45, 2.75) is 82.5 Å². The Bertz CT molecular complexity index is 1000. The van der Waals surface area contributed by atoms with Crippen LogP contribution in [-0.4, -0.2) is 66.9 Å². The van der Waals surface area contributed by atoms with Gasteiger partial charge in [0, 0.05) is 12.7 Å². The molecule has 8 heteroatoms. The summed E-state index contributed by atoms with van der Waals surface area (Å²) in [4.78, 5) is 0. The Labute approximate surface area is 209 Å². The molecule has 2 aromatic carbocycles. The van der Waals surface area contributed by atoms with Crippen LogP contribution in [0.15, 0.2) is 42.5 Å². The maximum Gasteiger partial charge on any atom is 0.250 e. The number of aliphatic hydroxyl groups excluding tert-OH is 4. The van der Waals surface area contributed by atoms with Gasteiger partial charge in [0.05, 0.1) is 6.61 Å². The summed E-state index contributed by atoms with van der Waals surface area (Å²) in [6.07, 6.45) is -5.00. The van der Waals surface area contributed by atoms with E-state index in [4.69, 9.17) is 13.9 Å². The van der Waals surface area contributed by atoms with E-state index >= 15 is 0 Å². The average molecular weight is 505 g/mol. The molecule has 0 amide bonds. The van der Waals surface area contributed by atoms with Gasteiger partial charge >= 0.3 is 0 Å². The number of hydrogen-bond acceptors (Lipinski definition) is 7. The fraction of sp³-hybridized carbons (Fsp3) is 0.556. The van der Waals surface area contributed by atoms with E-state index in [2.05, 4.69) is 46.0 Å². The van der Waals surface area contributed by atoms with Crippen molar-refractivity contribution in [1.29, 1.82) is 0 Å². The molecule has 1 heterocycles. The van der Waals surface area contributed by atoms with Crippen molar-refractivity contribution < 1.29 is 34.3 Å². The lowest BCUT2D eigenvalue weighted by Gasteiger charge is -2.47. The smallest absolute Gasteiger partial charge is 0.250 e. The lowest BCUT2D eigenvalue weighted by molar-refractivity contribution is -0.366. The zero-order valence-electron chi connectivity index (χ0n) is 21.8. The Balaban J connectivity index is 1.87. The molecule has 1 saturated heterocycles. The predicted molar refractivity (Wildman–Crippen MR) is 137 cm³/mol. The van der Waals surface area contributed by atoms with E-state index in [0.29, 0.717) is 12.0 Å². The molecule has 0 spiro atoms. The van der Waals surface area contributed by atoms with Gasteiger partial charge < -0.3 is 34.3 Å². The number of ether oxygens (including phenoxy) is 2. The van der Waals surface area contributed by atoms with E-state index in [1.54, 1.807) is 6.07 Å². The second-order valence-electron chi connectivity index (χ2n) is 11.0. The van der Waals surface area contributed by atoms with Gasteiger partial charge in [0.25, 0.3) is 0 Å². The summed E-state index contributed by atoms with van der Waals surface area (Å²) in [6, 6.07) is 13.7. The number of hydrogen-bond donors (Lipinski definition) is 4. The second-order valence-corrected chi connectivity index (χ2v) is 15.7. The number of aryl methyl sites for hydroxylation is 1. The van der Waals surface area contributed by atoms with Crippen molar-refractivity contribution in [3.8, 4) is 5.75 Å². The Morgan fingerprint density at radius 1 is 1.00 bits per heavy atom. The molecule has 1 unspecified atom stereocenters. The molecular weight excluding hydrogens is 464 g/mol. The standard InChI is InChI=1S/C27H40O7Si/c1-17-8-11-20(27(32-5)25(31)24(30)23(29)22(16-28)33-27)15-19(17)14-18-9-12-21(13-10-18)34-35(6,7)26(2,3)4/h8-13,15,22-25,28-31H,14,16H2,1-7H3/t22-,23-,24+,25-,27?/m1/s1. The number of methoxy groups -OCH3 is 1. The summed E-state index contributed by atoms with van der Waals surface area (Å²) < 4.78 is 17.8. The van der Waals surface area contributed by atoms with Crippen LogP contribution in [0.2, 0.25) is 18.1 Å². The molecule has 0 aromatic heterocycles. The highest BCUT2D eigenvalue weighted by atomic mass is 28.4. The first-order valence-corrected chi connectivity index (χ1v) is 14.9. The van der Waals surface area contributed by atoms with Crippen molar-refractivity contribution in [2.75, 3.05) is 13.7 Å². The average Bonchev–Trinajstić information content (AvgIpc) is 2.80. The lowest BCUT2D eigenvalue weighted by Crippen LogP contribution is -2.64. The van der Waals surface area contributed by atoms with Crippen molar-refractivity contribution >= 4 is 8.32 Å². The van der Waals surface area contributed by atoms with E-state index in [1.165, 1.54) is 7.11 Å². The molecular formula is C27H40O7Si. The SMILES string of the molecule is COC1(c2ccc(C)c(Cc3ccc(O[Si](C)(C)C(C)(C)C)cc3)c2)O[C@H](CO)[C@@H](O)[C@H](O)[C@H]1O. The van der Waals surface area contributed by atoms with Crippen LogP contribution in [0, 0.1) is 6.92 Å². The van der Waals surface area contributed by atoms with Crippen molar-refractivity contribution in [3.63, 3.8) is 0 Å². The lowest BCUT2D eigenvalue weighted by atomic mass is 9.86. The minimum absolute atomic E-state index is 0.116. The van der Waals surface area contributed by atoms with Crippen LogP contribution >= 0.6 is 0 Å². The second kappa shape index (κ2) is 10.3. The summed E-state index contributed by atoms with van der Waals surface area (Å²) in [5.41, 5.74) is 3.63. The number of benzene rings is 2. The van der Waals surface area contributed by atoms with Gasteiger partial charge in [0.1, 0.15) is 30.2 Å². The molecule has 35 heavy (non-hydrogen) atoms. The molecule has 0 radical (unpaired) electrons. The highest BCUT2D eigenvalue weighted by Crippen LogP contribution is 2.40. The minimum atomic E-state index is -1.92. The summed E-state index contributed by atoms with van der Waals surface area (Å²) >= 11 is 0. The summed E-state index contributed by atoms with van der Waals surface area (Å²) in [7, 11) is -0.555. The van der Waals surface area contributed by atoms with Crippen molar-refractivity contribution in [3.05, 3.63) is 64.7 Å². The zero-order chi connectivity index (χ0) is 26.2. The maximum atomic E-state index is 10.8. The van der Waals surface area contributed by atoms with Crippen LogP contribution in [0.1, 0.15) is 43.0 Å². The molecule has 1 aliphatic rings. The number of aliphatic hydroxyl groups is 4. The Kier molecular flexibility index (Phi) is 8.18. The van der Waals surface area contributed by atoms with Gasteiger partial charge in [-0.05, 0) is 66.4 Å².